The molecule has 1 aliphatic rings. The summed E-state index contributed by atoms with van der Waals surface area (Å²) in [5.41, 5.74) is 0.790. The molecular weight excluding hydrogens is 367 g/mol. The standard InChI is InChI=1S/C16H17FN2O4S2/c1-23-14-7-9-24-16(14)25(21,22)18-13-6-8-19(15(13)20)10-11-2-4-12(17)5-3-11/h2-5,7,9,13,18H,6,8,10H2,1H3. The van der Waals surface area contributed by atoms with E-state index in [-0.39, 0.29) is 21.7 Å². The molecule has 1 fully saturated rings. The summed E-state index contributed by atoms with van der Waals surface area (Å²) in [4.78, 5) is 14.0. The molecule has 0 saturated carbocycles. The van der Waals surface area contributed by atoms with Crippen LogP contribution in [0.5, 0.6) is 5.75 Å². The van der Waals surface area contributed by atoms with Gasteiger partial charge in [-0.05, 0) is 35.6 Å². The molecule has 0 aliphatic carbocycles. The highest BCUT2D eigenvalue weighted by Gasteiger charge is 2.36. The summed E-state index contributed by atoms with van der Waals surface area (Å²) in [6, 6.07) is 6.64. The molecule has 2 heterocycles. The van der Waals surface area contributed by atoms with Gasteiger partial charge in [-0.15, -0.1) is 11.3 Å². The number of hydrogen-bond donors (Lipinski definition) is 1. The Kier molecular flexibility index (Phi) is 5.07. The molecule has 2 aromatic rings. The number of nitrogens with one attached hydrogen (secondary N) is 1. The number of halogens is 1. The minimum absolute atomic E-state index is 0.0554. The van der Waals surface area contributed by atoms with E-state index in [4.69, 9.17) is 4.74 Å². The third kappa shape index (κ3) is 3.83. The molecule has 0 bridgehead atoms. The number of amides is 1. The minimum Gasteiger partial charge on any atom is -0.494 e. The molecule has 0 spiro atoms. The number of ether oxygens (including phenoxy) is 1. The van der Waals surface area contributed by atoms with Gasteiger partial charge in [0.15, 0.2) is 4.21 Å². The van der Waals surface area contributed by atoms with Crippen LogP contribution in [0, 0.1) is 5.82 Å². The first-order valence-corrected chi connectivity index (χ1v) is 9.94. The van der Waals surface area contributed by atoms with E-state index in [1.54, 1.807) is 28.5 Å². The SMILES string of the molecule is COc1ccsc1S(=O)(=O)NC1CCN(Cc2ccc(F)cc2)C1=O. The highest BCUT2D eigenvalue weighted by Crippen LogP contribution is 2.30. The summed E-state index contributed by atoms with van der Waals surface area (Å²) < 4.78 is 45.5. The molecule has 1 unspecified atom stereocenters. The summed E-state index contributed by atoms with van der Waals surface area (Å²) in [5.74, 6) is -0.374. The molecule has 1 N–H and O–H groups in total. The van der Waals surface area contributed by atoms with Gasteiger partial charge in [0.1, 0.15) is 17.6 Å². The van der Waals surface area contributed by atoms with Gasteiger partial charge in [-0.2, -0.15) is 4.72 Å². The molecule has 1 atom stereocenters. The minimum atomic E-state index is -3.83. The van der Waals surface area contributed by atoms with Crippen molar-refractivity contribution in [3.8, 4) is 5.75 Å². The van der Waals surface area contributed by atoms with E-state index in [0.29, 0.717) is 19.5 Å². The Bertz CT molecular complexity index is 865. The van der Waals surface area contributed by atoms with Crippen LogP contribution in [0.15, 0.2) is 39.9 Å². The Balaban J connectivity index is 1.68. The van der Waals surface area contributed by atoms with Crippen molar-refractivity contribution in [2.45, 2.75) is 23.2 Å². The molecular formula is C16H17FN2O4S2. The number of thiophene rings is 1. The van der Waals surface area contributed by atoms with Crippen LogP contribution in [0.1, 0.15) is 12.0 Å². The maximum atomic E-state index is 13.0. The fraction of sp³-hybridized carbons (Fsp3) is 0.312. The summed E-state index contributed by atoms with van der Waals surface area (Å²) in [7, 11) is -2.44. The smallest absolute Gasteiger partial charge is 0.254 e. The van der Waals surface area contributed by atoms with Crippen molar-refractivity contribution in [1.29, 1.82) is 0 Å². The second kappa shape index (κ2) is 7.11. The normalized spacial score (nSPS) is 17.9. The molecule has 1 aromatic carbocycles. The fourth-order valence-corrected chi connectivity index (χ4v) is 5.20. The van der Waals surface area contributed by atoms with Crippen molar-refractivity contribution in [1.82, 2.24) is 9.62 Å². The van der Waals surface area contributed by atoms with Crippen LogP contribution in [-0.2, 0) is 21.4 Å². The Morgan fingerprint density at radius 3 is 2.72 bits per heavy atom. The lowest BCUT2D eigenvalue weighted by atomic mass is 10.2. The van der Waals surface area contributed by atoms with Crippen molar-refractivity contribution < 1.29 is 22.3 Å². The van der Waals surface area contributed by atoms with Crippen molar-refractivity contribution in [2.24, 2.45) is 0 Å². The van der Waals surface area contributed by atoms with Crippen molar-refractivity contribution in [2.75, 3.05) is 13.7 Å². The summed E-state index contributed by atoms with van der Waals surface area (Å²) in [5, 5.41) is 1.62. The zero-order valence-corrected chi connectivity index (χ0v) is 15.1. The maximum Gasteiger partial charge on any atom is 0.254 e. The summed E-state index contributed by atoms with van der Waals surface area (Å²) in [6.45, 7) is 0.755. The number of likely N-dealkylation sites (tertiary alicyclic amines) is 1. The van der Waals surface area contributed by atoms with E-state index in [2.05, 4.69) is 4.72 Å². The first-order valence-electron chi connectivity index (χ1n) is 7.58. The van der Waals surface area contributed by atoms with Gasteiger partial charge < -0.3 is 9.64 Å². The monoisotopic (exact) mass is 384 g/mol. The molecule has 25 heavy (non-hydrogen) atoms. The van der Waals surface area contributed by atoms with Crippen LogP contribution in [-0.4, -0.2) is 38.9 Å². The average Bonchev–Trinajstić information content (AvgIpc) is 3.19. The molecule has 6 nitrogen and oxygen atoms in total. The zero-order chi connectivity index (χ0) is 18.0. The molecule has 3 rings (SSSR count). The van der Waals surface area contributed by atoms with E-state index in [0.717, 1.165) is 16.9 Å². The van der Waals surface area contributed by atoms with E-state index < -0.39 is 16.1 Å². The Morgan fingerprint density at radius 1 is 1.32 bits per heavy atom. The van der Waals surface area contributed by atoms with Gasteiger partial charge in [0.25, 0.3) is 10.0 Å². The number of nitrogens with zero attached hydrogens (tertiary/aromatic N) is 1. The zero-order valence-electron chi connectivity index (χ0n) is 13.4. The number of sulfonamides is 1. The maximum absolute atomic E-state index is 13.0. The first-order chi connectivity index (χ1) is 11.9. The second-order valence-electron chi connectivity index (χ2n) is 5.63. The van der Waals surface area contributed by atoms with E-state index in [1.165, 1.54) is 19.2 Å². The van der Waals surface area contributed by atoms with E-state index in [1.807, 2.05) is 0 Å². The first kappa shape index (κ1) is 17.8. The van der Waals surface area contributed by atoms with Crippen LogP contribution in [0.25, 0.3) is 0 Å². The van der Waals surface area contributed by atoms with E-state index in [9.17, 15) is 17.6 Å². The predicted octanol–water partition coefficient (Wildman–Crippen LogP) is 1.98. The molecule has 1 aromatic heterocycles. The van der Waals surface area contributed by atoms with Gasteiger partial charge in [0.05, 0.1) is 7.11 Å². The number of carbonyl (C=O) groups excluding carboxylic acids is 1. The fourth-order valence-electron chi connectivity index (χ4n) is 2.69. The van der Waals surface area contributed by atoms with Crippen molar-refractivity contribution in [3.05, 3.63) is 47.1 Å². The molecule has 1 aliphatic heterocycles. The molecule has 0 radical (unpaired) electrons. The van der Waals surface area contributed by atoms with E-state index >= 15 is 0 Å². The van der Waals surface area contributed by atoms with Crippen LogP contribution < -0.4 is 9.46 Å². The summed E-state index contributed by atoms with van der Waals surface area (Å²) >= 11 is 1.03. The van der Waals surface area contributed by atoms with Crippen LogP contribution in [0.4, 0.5) is 4.39 Å². The number of rotatable bonds is 6. The van der Waals surface area contributed by atoms with Gasteiger partial charge in [0, 0.05) is 13.1 Å². The molecule has 134 valence electrons. The average molecular weight is 384 g/mol. The number of hydrogen-bond acceptors (Lipinski definition) is 5. The van der Waals surface area contributed by atoms with Gasteiger partial charge >= 0.3 is 0 Å². The lowest BCUT2D eigenvalue weighted by Gasteiger charge is -2.17. The summed E-state index contributed by atoms with van der Waals surface area (Å²) in [6.07, 6.45) is 0.382. The highest BCUT2D eigenvalue weighted by molar-refractivity contribution is 7.91. The van der Waals surface area contributed by atoms with Gasteiger partial charge in [-0.3, -0.25) is 4.79 Å². The van der Waals surface area contributed by atoms with Crippen LogP contribution >= 0.6 is 11.3 Å². The third-order valence-electron chi connectivity index (χ3n) is 3.94. The second-order valence-corrected chi connectivity index (χ2v) is 8.45. The number of carbonyl (C=O) groups is 1. The quantitative estimate of drug-likeness (QED) is 0.826. The van der Waals surface area contributed by atoms with Gasteiger partial charge in [-0.25, -0.2) is 12.8 Å². The largest absolute Gasteiger partial charge is 0.494 e. The lowest BCUT2D eigenvalue weighted by Crippen LogP contribution is -2.41. The van der Waals surface area contributed by atoms with Crippen LogP contribution in [0.2, 0.25) is 0 Å². The third-order valence-corrected chi connectivity index (χ3v) is 6.86. The Morgan fingerprint density at radius 2 is 2.04 bits per heavy atom. The van der Waals surface area contributed by atoms with Crippen molar-refractivity contribution in [3.63, 3.8) is 0 Å². The predicted molar refractivity (Wildman–Crippen MR) is 91.4 cm³/mol. The Hall–Kier alpha value is -1.97. The van der Waals surface area contributed by atoms with Crippen LogP contribution in [0.3, 0.4) is 0 Å². The topological polar surface area (TPSA) is 75.7 Å². The highest BCUT2D eigenvalue weighted by atomic mass is 32.2. The Labute approximate surface area is 149 Å². The number of methoxy groups -OCH3 is 1. The lowest BCUT2D eigenvalue weighted by molar-refractivity contribution is -0.129. The molecule has 1 saturated heterocycles. The van der Waals surface area contributed by atoms with Gasteiger partial charge in [-0.1, -0.05) is 12.1 Å². The van der Waals surface area contributed by atoms with Crippen molar-refractivity contribution >= 4 is 27.3 Å². The molecule has 1 amide bonds. The van der Waals surface area contributed by atoms with Gasteiger partial charge in [0.2, 0.25) is 5.91 Å². The molecule has 9 heteroatoms. The number of benzene rings is 1.